The van der Waals surface area contributed by atoms with E-state index < -0.39 is 0 Å². The average molecular weight is 384 g/mol. The van der Waals surface area contributed by atoms with Crippen LogP contribution in [0.25, 0.3) is 0 Å². The smallest absolute Gasteiger partial charge is 0.228 e. The van der Waals surface area contributed by atoms with Crippen molar-refractivity contribution < 1.29 is 9.59 Å². The fourth-order valence-corrected chi connectivity index (χ4v) is 5.13. The Hall–Kier alpha value is -2.21. The minimum Gasteiger partial charge on any atom is -0.355 e. The van der Waals surface area contributed by atoms with E-state index in [9.17, 15) is 9.59 Å². The minimum absolute atomic E-state index is 0.00167. The molecule has 1 N–H and O–H groups in total. The number of carbonyl (C=O) groups excluding carboxylic acids is 2. The number of hydrogen-bond donors (Lipinski definition) is 1. The number of benzene rings is 1. The summed E-state index contributed by atoms with van der Waals surface area (Å²) in [7, 11) is 0. The molecule has 27 heavy (non-hydrogen) atoms. The lowest BCUT2D eigenvalue weighted by atomic mass is 9.79. The fourth-order valence-electron chi connectivity index (χ4n) is 4.26. The molecule has 2 fully saturated rings. The molecule has 2 heterocycles. The predicted molar refractivity (Wildman–Crippen MR) is 107 cm³/mol. The number of hydrogen-bond acceptors (Lipinski definition) is 4. The van der Waals surface area contributed by atoms with Gasteiger partial charge in [0.1, 0.15) is 0 Å². The van der Waals surface area contributed by atoms with Crippen molar-refractivity contribution in [3.05, 3.63) is 47.0 Å². The van der Waals surface area contributed by atoms with Crippen molar-refractivity contribution in [2.24, 2.45) is 0 Å². The summed E-state index contributed by atoms with van der Waals surface area (Å²) in [5.74, 6) is 0.133. The predicted octanol–water partition coefficient (Wildman–Crippen LogP) is 3.44. The molecule has 2 amide bonds. The van der Waals surface area contributed by atoms with Gasteiger partial charge in [-0.2, -0.15) is 0 Å². The van der Waals surface area contributed by atoms with Crippen LogP contribution in [-0.4, -0.2) is 29.9 Å². The van der Waals surface area contributed by atoms with Gasteiger partial charge in [-0.05, 0) is 24.8 Å². The molecule has 2 aromatic rings. The molecule has 0 bridgehead atoms. The number of rotatable bonds is 6. The second-order valence-electron chi connectivity index (χ2n) is 7.58. The van der Waals surface area contributed by atoms with Crippen LogP contribution < -0.4 is 10.2 Å². The number of anilines is 1. The normalized spacial score (nSPS) is 18.8. The van der Waals surface area contributed by atoms with Crippen LogP contribution >= 0.6 is 11.3 Å². The third-order valence-corrected chi connectivity index (χ3v) is 6.67. The van der Waals surface area contributed by atoms with Gasteiger partial charge in [-0.15, -0.1) is 11.3 Å². The Morgan fingerprint density at radius 1 is 1.19 bits per heavy atom. The minimum atomic E-state index is 0.00167. The van der Waals surface area contributed by atoms with Gasteiger partial charge in [0.15, 0.2) is 5.13 Å². The van der Waals surface area contributed by atoms with Crippen LogP contribution in [0.2, 0.25) is 0 Å². The Balaban J connectivity index is 1.37. The van der Waals surface area contributed by atoms with Gasteiger partial charge in [-0.3, -0.25) is 14.5 Å². The highest BCUT2D eigenvalue weighted by Gasteiger charge is 2.35. The van der Waals surface area contributed by atoms with Crippen molar-refractivity contribution in [3.8, 4) is 0 Å². The van der Waals surface area contributed by atoms with E-state index in [4.69, 9.17) is 0 Å². The van der Waals surface area contributed by atoms with Gasteiger partial charge in [0.25, 0.3) is 0 Å². The molecule has 4 rings (SSSR count). The highest BCUT2D eigenvalue weighted by molar-refractivity contribution is 7.14. The third kappa shape index (κ3) is 3.90. The molecule has 1 aliphatic carbocycles. The number of carbonyl (C=O) groups is 2. The molecule has 0 radical (unpaired) electrons. The van der Waals surface area contributed by atoms with Gasteiger partial charge in [0.2, 0.25) is 11.8 Å². The van der Waals surface area contributed by atoms with Crippen molar-refractivity contribution in [2.75, 3.05) is 18.0 Å². The van der Waals surface area contributed by atoms with Crippen LogP contribution in [0.3, 0.4) is 0 Å². The summed E-state index contributed by atoms with van der Waals surface area (Å²) in [6.45, 7) is 1.41. The van der Waals surface area contributed by atoms with E-state index in [1.54, 1.807) is 4.90 Å². The van der Waals surface area contributed by atoms with Crippen LogP contribution in [0.4, 0.5) is 5.13 Å². The van der Waals surface area contributed by atoms with Crippen molar-refractivity contribution in [1.29, 1.82) is 0 Å². The Bertz CT molecular complexity index is 812. The molecule has 1 aromatic heterocycles. The van der Waals surface area contributed by atoms with Crippen LogP contribution in [0.1, 0.15) is 49.8 Å². The molecule has 2 aliphatic rings. The fraction of sp³-hybridized carbons (Fsp3) is 0.476. The standard InChI is InChI=1S/C21H25N3O2S/c25-18(13-17-14-27-20(23-17)24-12-6-9-19(24)26)22-15-21(10-4-5-11-21)16-7-2-1-3-8-16/h1-3,7-8,14H,4-6,9-13,15H2,(H,22,25). The molecule has 1 saturated carbocycles. The molecule has 5 nitrogen and oxygen atoms in total. The zero-order chi connectivity index (χ0) is 18.7. The Morgan fingerprint density at radius 2 is 1.96 bits per heavy atom. The first-order valence-corrected chi connectivity index (χ1v) is 10.6. The first-order valence-electron chi connectivity index (χ1n) is 9.73. The van der Waals surface area contributed by atoms with Crippen LogP contribution in [0.5, 0.6) is 0 Å². The molecular formula is C21H25N3O2S. The summed E-state index contributed by atoms with van der Waals surface area (Å²) in [5, 5.41) is 5.76. The lowest BCUT2D eigenvalue weighted by Gasteiger charge is -2.30. The molecule has 0 spiro atoms. The SMILES string of the molecule is O=C(Cc1csc(N2CCCC2=O)n1)NCC1(c2ccccc2)CCCC1. The Kier molecular flexibility index (Phi) is 5.25. The zero-order valence-corrected chi connectivity index (χ0v) is 16.3. The molecule has 1 aliphatic heterocycles. The van der Waals surface area contributed by atoms with Gasteiger partial charge in [-0.1, -0.05) is 43.2 Å². The number of nitrogens with one attached hydrogen (secondary N) is 1. The Labute approximate surface area is 163 Å². The van der Waals surface area contributed by atoms with E-state index in [1.165, 1.54) is 29.7 Å². The highest BCUT2D eigenvalue weighted by atomic mass is 32.1. The largest absolute Gasteiger partial charge is 0.355 e. The summed E-state index contributed by atoms with van der Waals surface area (Å²) >= 11 is 1.45. The molecule has 6 heteroatoms. The molecular weight excluding hydrogens is 358 g/mol. The molecule has 1 aromatic carbocycles. The summed E-state index contributed by atoms with van der Waals surface area (Å²) < 4.78 is 0. The van der Waals surface area contributed by atoms with Crippen molar-refractivity contribution >= 4 is 28.3 Å². The first kappa shape index (κ1) is 18.2. The van der Waals surface area contributed by atoms with Gasteiger partial charge >= 0.3 is 0 Å². The summed E-state index contributed by atoms with van der Waals surface area (Å²) in [4.78, 5) is 30.6. The van der Waals surface area contributed by atoms with Gasteiger partial charge in [0.05, 0.1) is 12.1 Å². The van der Waals surface area contributed by atoms with E-state index in [0.717, 1.165) is 36.6 Å². The second-order valence-corrected chi connectivity index (χ2v) is 8.41. The quantitative estimate of drug-likeness (QED) is 0.831. The summed E-state index contributed by atoms with van der Waals surface area (Å²) in [5.41, 5.74) is 2.13. The van der Waals surface area contributed by atoms with Gasteiger partial charge in [-0.25, -0.2) is 4.98 Å². The molecule has 1 saturated heterocycles. The molecule has 0 unspecified atom stereocenters. The van der Waals surface area contributed by atoms with Crippen molar-refractivity contribution in [2.45, 2.75) is 50.4 Å². The van der Waals surface area contributed by atoms with Crippen molar-refractivity contribution in [1.82, 2.24) is 10.3 Å². The van der Waals surface area contributed by atoms with E-state index in [0.29, 0.717) is 13.0 Å². The zero-order valence-electron chi connectivity index (χ0n) is 15.4. The maximum Gasteiger partial charge on any atom is 0.228 e. The van der Waals surface area contributed by atoms with Crippen LogP contribution in [-0.2, 0) is 21.4 Å². The van der Waals surface area contributed by atoms with Gasteiger partial charge in [0, 0.05) is 30.3 Å². The number of aromatic nitrogens is 1. The van der Waals surface area contributed by atoms with E-state index in [-0.39, 0.29) is 23.7 Å². The number of nitrogens with zero attached hydrogens (tertiary/aromatic N) is 2. The van der Waals surface area contributed by atoms with Gasteiger partial charge < -0.3 is 5.32 Å². The maximum absolute atomic E-state index is 12.5. The molecule has 0 atom stereocenters. The highest BCUT2D eigenvalue weighted by Crippen LogP contribution is 2.40. The first-order chi connectivity index (χ1) is 13.2. The van der Waals surface area contributed by atoms with Crippen molar-refractivity contribution in [3.63, 3.8) is 0 Å². The second kappa shape index (κ2) is 7.80. The number of amides is 2. The van der Waals surface area contributed by atoms with Crippen LogP contribution in [0.15, 0.2) is 35.7 Å². The third-order valence-electron chi connectivity index (χ3n) is 5.76. The van der Waals surface area contributed by atoms with E-state index in [2.05, 4.69) is 34.6 Å². The number of thiazole rings is 1. The topological polar surface area (TPSA) is 62.3 Å². The summed E-state index contributed by atoms with van der Waals surface area (Å²) in [6.07, 6.45) is 6.41. The Morgan fingerprint density at radius 3 is 2.67 bits per heavy atom. The average Bonchev–Trinajstić information content (AvgIpc) is 3.42. The van der Waals surface area contributed by atoms with Crippen LogP contribution in [0, 0.1) is 0 Å². The summed E-state index contributed by atoms with van der Waals surface area (Å²) in [6, 6.07) is 10.5. The maximum atomic E-state index is 12.5. The molecule has 142 valence electrons. The van der Waals surface area contributed by atoms with E-state index >= 15 is 0 Å². The monoisotopic (exact) mass is 383 g/mol. The lowest BCUT2D eigenvalue weighted by Crippen LogP contribution is -2.39. The lowest BCUT2D eigenvalue weighted by molar-refractivity contribution is -0.120. The van der Waals surface area contributed by atoms with E-state index in [1.807, 2.05) is 11.4 Å².